The van der Waals surface area contributed by atoms with E-state index < -0.39 is 11.6 Å². The van der Waals surface area contributed by atoms with Gasteiger partial charge in [-0.2, -0.15) is 9.90 Å². The summed E-state index contributed by atoms with van der Waals surface area (Å²) in [5.41, 5.74) is 0.730. The fourth-order valence-corrected chi connectivity index (χ4v) is 6.41. The van der Waals surface area contributed by atoms with Gasteiger partial charge >= 0.3 is 5.97 Å². The lowest BCUT2D eigenvalue weighted by Crippen LogP contribution is -2.66. The summed E-state index contributed by atoms with van der Waals surface area (Å²) in [5.74, 6) is -0.643. The van der Waals surface area contributed by atoms with Crippen molar-refractivity contribution >= 4 is 11.9 Å². The van der Waals surface area contributed by atoms with E-state index in [1.165, 1.54) is 4.80 Å². The summed E-state index contributed by atoms with van der Waals surface area (Å²) < 4.78 is 6.93. The zero-order chi connectivity index (χ0) is 29.2. The number of aliphatic hydroxyl groups is 1. The van der Waals surface area contributed by atoms with Gasteiger partial charge in [0.2, 0.25) is 5.60 Å². The van der Waals surface area contributed by atoms with Gasteiger partial charge in [-0.15, -0.1) is 5.10 Å². The topological polar surface area (TPSA) is 106 Å². The van der Waals surface area contributed by atoms with Crippen molar-refractivity contribution < 1.29 is 23.9 Å². The van der Waals surface area contributed by atoms with Crippen LogP contribution in [0.3, 0.4) is 0 Å². The number of nitrogens with one attached hydrogen (secondary N) is 1. The predicted octanol–water partition coefficient (Wildman–Crippen LogP) is 3.39. The maximum absolute atomic E-state index is 13.8. The first-order chi connectivity index (χ1) is 20.4. The number of hydrogen-bond acceptors (Lipinski definition) is 6. The second-order valence-corrected chi connectivity index (χ2v) is 11.4. The molecule has 0 saturated carbocycles. The third-order valence-corrected chi connectivity index (χ3v) is 8.83. The number of carbonyl (C=O) groups is 2. The van der Waals surface area contributed by atoms with Gasteiger partial charge in [0, 0.05) is 18.8 Å². The maximum atomic E-state index is 13.8. The number of amides is 1. The number of piperidine rings is 3. The van der Waals surface area contributed by atoms with E-state index in [4.69, 9.17) is 4.74 Å². The number of aromatic nitrogens is 3. The molecule has 4 aromatic rings. The summed E-state index contributed by atoms with van der Waals surface area (Å²) >= 11 is 0. The van der Waals surface area contributed by atoms with Crippen molar-refractivity contribution in [1.82, 2.24) is 20.3 Å². The molecule has 7 rings (SSSR count). The first kappa shape index (κ1) is 27.8. The minimum atomic E-state index is -1.90. The molecule has 216 valence electrons. The maximum Gasteiger partial charge on any atom is 0.348 e. The van der Waals surface area contributed by atoms with E-state index in [1.54, 1.807) is 31.2 Å². The fraction of sp³-hybridized carbons (Fsp3) is 0.333. The molecule has 3 aliphatic rings. The molecule has 3 fully saturated rings. The third-order valence-electron chi connectivity index (χ3n) is 8.83. The minimum absolute atomic E-state index is 0.251. The van der Waals surface area contributed by atoms with Crippen LogP contribution >= 0.6 is 0 Å². The molecule has 2 N–H and O–H groups in total. The molecule has 0 spiro atoms. The number of esters is 1. The van der Waals surface area contributed by atoms with Crippen LogP contribution in [0.15, 0.2) is 91.0 Å². The van der Waals surface area contributed by atoms with Crippen LogP contribution in [0.4, 0.5) is 0 Å². The minimum Gasteiger partial charge on any atom is -0.453 e. The Balaban J connectivity index is 1.12. The molecule has 0 aliphatic carbocycles. The molecule has 3 saturated heterocycles. The van der Waals surface area contributed by atoms with E-state index >= 15 is 0 Å². The summed E-state index contributed by atoms with van der Waals surface area (Å²) in [4.78, 5) is 28.3. The van der Waals surface area contributed by atoms with E-state index in [0.29, 0.717) is 35.6 Å². The van der Waals surface area contributed by atoms with Crippen molar-refractivity contribution in [2.24, 2.45) is 5.92 Å². The molecule has 3 aliphatic heterocycles. The number of quaternary nitrogens is 1. The van der Waals surface area contributed by atoms with Crippen molar-refractivity contribution in [3.05, 3.63) is 114 Å². The zero-order valence-electron chi connectivity index (χ0n) is 23.7. The second-order valence-electron chi connectivity index (χ2n) is 11.4. The lowest BCUT2D eigenvalue weighted by Gasteiger charge is -2.52. The zero-order valence-corrected chi connectivity index (χ0v) is 23.7. The largest absolute Gasteiger partial charge is 0.453 e. The number of rotatable bonds is 9. The average molecular weight is 567 g/mol. The molecular weight excluding hydrogens is 530 g/mol. The summed E-state index contributed by atoms with van der Waals surface area (Å²) in [6.07, 6.45) is 1.57. The number of aryl methyl sites for hydroxylation is 1. The molecule has 0 unspecified atom stereocenters. The summed E-state index contributed by atoms with van der Waals surface area (Å²) in [6, 6.07) is 27.4. The van der Waals surface area contributed by atoms with Crippen molar-refractivity contribution in [3.8, 4) is 5.69 Å². The van der Waals surface area contributed by atoms with Gasteiger partial charge in [-0.05, 0) is 30.2 Å². The Bertz CT molecular complexity index is 1490. The molecular formula is C33H36N5O4+. The van der Waals surface area contributed by atoms with Gasteiger partial charge in [0.05, 0.1) is 37.6 Å². The predicted molar refractivity (Wildman–Crippen MR) is 157 cm³/mol. The molecule has 3 aromatic carbocycles. The highest BCUT2D eigenvalue weighted by atomic mass is 16.6. The Morgan fingerprint density at radius 3 is 2.10 bits per heavy atom. The van der Waals surface area contributed by atoms with Crippen LogP contribution in [0, 0.1) is 12.8 Å². The average Bonchev–Trinajstić information content (AvgIpc) is 3.44. The SMILES string of the molecule is Cc1nn(-c2ccccc2)nc1C(=O)NCC[N+]12CCC(CC1)[C@@H](OC(=O)C(O)(c1ccccc1)c1ccccc1)C2. The van der Waals surface area contributed by atoms with Crippen LogP contribution in [-0.2, 0) is 15.1 Å². The van der Waals surface area contributed by atoms with Crippen molar-refractivity contribution in [1.29, 1.82) is 0 Å². The van der Waals surface area contributed by atoms with Gasteiger partial charge in [0.25, 0.3) is 5.91 Å². The molecule has 1 atom stereocenters. The van der Waals surface area contributed by atoms with Gasteiger partial charge in [-0.1, -0.05) is 78.9 Å². The first-order valence-corrected chi connectivity index (χ1v) is 14.6. The van der Waals surface area contributed by atoms with E-state index in [9.17, 15) is 14.7 Å². The van der Waals surface area contributed by atoms with Crippen LogP contribution in [0.25, 0.3) is 5.69 Å². The van der Waals surface area contributed by atoms with Gasteiger partial charge in [0.15, 0.2) is 11.8 Å². The van der Waals surface area contributed by atoms with Crippen LogP contribution in [0.5, 0.6) is 0 Å². The number of hydrogen-bond donors (Lipinski definition) is 2. The molecule has 9 nitrogen and oxygen atoms in total. The van der Waals surface area contributed by atoms with Crippen LogP contribution in [-0.4, -0.2) is 75.3 Å². The molecule has 2 bridgehead atoms. The number of fused-ring (bicyclic) bond motifs is 3. The summed E-state index contributed by atoms with van der Waals surface area (Å²) in [7, 11) is 0. The summed E-state index contributed by atoms with van der Waals surface area (Å²) in [6.45, 7) is 5.58. The quantitative estimate of drug-likeness (QED) is 0.238. The van der Waals surface area contributed by atoms with Crippen LogP contribution in [0.1, 0.15) is 40.2 Å². The van der Waals surface area contributed by atoms with Crippen LogP contribution < -0.4 is 5.32 Å². The Kier molecular flexibility index (Phi) is 7.62. The van der Waals surface area contributed by atoms with Gasteiger partial charge in [0.1, 0.15) is 6.54 Å². The third kappa shape index (κ3) is 5.33. The molecule has 9 heteroatoms. The second kappa shape index (κ2) is 11.5. The highest BCUT2D eigenvalue weighted by Gasteiger charge is 2.50. The number of para-hydroxylation sites is 1. The van der Waals surface area contributed by atoms with Gasteiger partial charge < -0.3 is 19.6 Å². The molecule has 0 radical (unpaired) electrons. The highest BCUT2D eigenvalue weighted by molar-refractivity contribution is 5.93. The van der Waals surface area contributed by atoms with E-state index in [2.05, 4.69) is 15.5 Å². The Labute approximate surface area is 245 Å². The first-order valence-electron chi connectivity index (χ1n) is 14.6. The summed E-state index contributed by atoms with van der Waals surface area (Å²) in [5, 5.41) is 23.7. The number of ether oxygens (including phenoxy) is 1. The number of nitrogens with zero attached hydrogens (tertiary/aromatic N) is 4. The van der Waals surface area contributed by atoms with Gasteiger partial charge in [-0.3, -0.25) is 4.79 Å². The van der Waals surface area contributed by atoms with Crippen molar-refractivity contribution in [2.45, 2.75) is 31.5 Å². The Hall–Kier alpha value is -4.34. The lowest BCUT2D eigenvalue weighted by molar-refractivity contribution is -0.945. The molecule has 1 amide bonds. The molecule has 42 heavy (non-hydrogen) atoms. The van der Waals surface area contributed by atoms with Gasteiger partial charge in [-0.25, -0.2) is 4.79 Å². The van der Waals surface area contributed by atoms with E-state index in [0.717, 1.165) is 42.6 Å². The smallest absolute Gasteiger partial charge is 0.348 e. The van der Waals surface area contributed by atoms with E-state index in [1.807, 2.05) is 66.7 Å². The normalized spacial score (nSPS) is 21.6. The molecule has 4 heterocycles. The Morgan fingerprint density at radius 2 is 1.50 bits per heavy atom. The molecule has 1 aromatic heterocycles. The van der Waals surface area contributed by atoms with Crippen LogP contribution in [0.2, 0.25) is 0 Å². The monoisotopic (exact) mass is 566 g/mol. The highest BCUT2D eigenvalue weighted by Crippen LogP contribution is 2.38. The Morgan fingerprint density at radius 1 is 0.929 bits per heavy atom. The number of benzene rings is 3. The fourth-order valence-electron chi connectivity index (χ4n) is 6.41. The lowest BCUT2D eigenvalue weighted by atomic mass is 9.82. The standard InChI is InChI=1S/C33H35N5O4/c1-24-30(36-37(35-24)28-15-9-4-10-16-28)31(39)34-19-22-38-20-17-25(18-21-38)29(23-38)42-32(40)33(41,26-11-5-2-6-12-26)27-13-7-3-8-14-27/h2-16,25,29,41H,17-23H2,1H3/p+1/t25?,29-,38?/m0/s1. The number of carbonyl (C=O) groups excluding carboxylic acids is 2. The van der Waals surface area contributed by atoms with Crippen molar-refractivity contribution in [2.75, 3.05) is 32.7 Å². The van der Waals surface area contributed by atoms with Crippen molar-refractivity contribution in [3.63, 3.8) is 0 Å². The van der Waals surface area contributed by atoms with E-state index in [-0.39, 0.29) is 17.9 Å².